The number of carbonyl (C=O) groups is 1. The maximum absolute atomic E-state index is 12.0. The second kappa shape index (κ2) is 10.8. The number of nitrogens with zero attached hydrogens (tertiary/aromatic N) is 1. The first kappa shape index (κ1) is 22.7. The fourth-order valence-electron chi connectivity index (χ4n) is 3.11. The van der Waals surface area contributed by atoms with Crippen molar-refractivity contribution in [3.63, 3.8) is 0 Å². The van der Waals surface area contributed by atoms with Gasteiger partial charge in [-0.05, 0) is 36.6 Å². The summed E-state index contributed by atoms with van der Waals surface area (Å²) in [7, 11) is 1.76. The highest BCUT2D eigenvalue weighted by Gasteiger charge is 2.45. The van der Waals surface area contributed by atoms with Crippen molar-refractivity contribution in [1.29, 1.82) is 0 Å². The predicted octanol–water partition coefficient (Wildman–Crippen LogP) is 3.69. The van der Waals surface area contributed by atoms with Gasteiger partial charge in [0.05, 0.1) is 0 Å². The van der Waals surface area contributed by atoms with Gasteiger partial charge in [-0.1, -0.05) is 52.3 Å². The lowest BCUT2D eigenvalue weighted by molar-refractivity contribution is 0.0954. The van der Waals surface area contributed by atoms with Crippen LogP contribution in [-0.2, 0) is 5.41 Å². The SMILES string of the molecule is CN=C(NCCNC(=O)c1ccccc1)NCC1(c2ccccc2Br)CC1.I. The Bertz CT molecular complexity index is 809. The van der Waals surface area contributed by atoms with Crippen molar-refractivity contribution in [2.45, 2.75) is 18.3 Å². The molecule has 0 aliphatic heterocycles. The number of amides is 1. The second-order valence-electron chi connectivity index (χ2n) is 6.73. The Balaban J connectivity index is 0.00000280. The summed E-state index contributed by atoms with van der Waals surface area (Å²) >= 11 is 3.67. The molecule has 1 fully saturated rings. The zero-order valence-corrected chi connectivity index (χ0v) is 19.8. The summed E-state index contributed by atoms with van der Waals surface area (Å²) in [6, 6.07) is 17.6. The normalized spacial score (nSPS) is 14.6. The molecule has 2 aromatic rings. The second-order valence-corrected chi connectivity index (χ2v) is 7.59. The van der Waals surface area contributed by atoms with Crippen LogP contribution in [-0.4, -0.2) is 38.5 Å². The molecule has 2 aromatic carbocycles. The molecule has 5 nitrogen and oxygen atoms in total. The molecule has 1 aliphatic rings. The van der Waals surface area contributed by atoms with Crippen LogP contribution in [0.5, 0.6) is 0 Å². The first-order valence-electron chi connectivity index (χ1n) is 9.17. The van der Waals surface area contributed by atoms with E-state index in [2.05, 4.69) is 55.1 Å². The van der Waals surface area contributed by atoms with E-state index in [4.69, 9.17) is 0 Å². The number of halogens is 2. The summed E-state index contributed by atoms with van der Waals surface area (Å²) < 4.78 is 1.16. The standard InChI is InChI=1S/C21H25BrN4O.HI/c1-23-20(25-14-13-24-19(27)16-7-3-2-4-8-16)26-15-21(11-12-21)17-9-5-6-10-18(17)22;/h2-10H,11-15H2,1H3,(H,24,27)(H2,23,25,26);1H. The highest BCUT2D eigenvalue weighted by molar-refractivity contribution is 14.0. The number of hydrogen-bond donors (Lipinski definition) is 3. The van der Waals surface area contributed by atoms with Crippen LogP contribution in [0.1, 0.15) is 28.8 Å². The molecule has 0 saturated heterocycles. The van der Waals surface area contributed by atoms with Gasteiger partial charge >= 0.3 is 0 Å². The van der Waals surface area contributed by atoms with Crippen LogP contribution in [0.3, 0.4) is 0 Å². The summed E-state index contributed by atoms with van der Waals surface area (Å²) in [4.78, 5) is 16.3. The van der Waals surface area contributed by atoms with Crippen molar-refractivity contribution in [2.24, 2.45) is 4.99 Å². The van der Waals surface area contributed by atoms with Crippen molar-refractivity contribution >= 4 is 51.8 Å². The number of carbonyl (C=O) groups excluding carboxylic acids is 1. The van der Waals surface area contributed by atoms with Crippen LogP contribution in [0.15, 0.2) is 64.1 Å². The lowest BCUT2D eigenvalue weighted by Gasteiger charge is -2.20. The summed E-state index contributed by atoms with van der Waals surface area (Å²) in [5.41, 5.74) is 2.20. The molecular weight excluding hydrogens is 531 g/mol. The molecule has 0 heterocycles. The molecule has 0 bridgehead atoms. The largest absolute Gasteiger partial charge is 0.356 e. The summed E-state index contributed by atoms with van der Waals surface area (Å²) in [5, 5.41) is 9.58. The van der Waals surface area contributed by atoms with E-state index in [9.17, 15) is 4.79 Å². The third kappa shape index (κ3) is 5.94. The molecule has 3 rings (SSSR count). The molecule has 150 valence electrons. The highest BCUT2D eigenvalue weighted by atomic mass is 127. The van der Waals surface area contributed by atoms with Crippen molar-refractivity contribution in [3.05, 3.63) is 70.2 Å². The molecule has 0 radical (unpaired) electrons. The molecule has 1 amide bonds. The average molecular weight is 557 g/mol. The Labute approximate surface area is 191 Å². The third-order valence-corrected chi connectivity index (χ3v) is 5.55. The van der Waals surface area contributed by atoms with Crippen LogP contribution in [0.2, 0.25) is 0 Å². The zero-order chi connectivity index (χ0) is 19.1. The van der Waals surface area contributed by atoms with Crippen LogP contribution in [0, 0.1) is 0 Å². The van der Waals surface area contributed by atoms with Crippen molar-refractivity contribution in [2.75, 3.05) is 26.7 Å². The minimum Gasteiger partial charge on any atom is -0.356 e. The van der Waals surface area contributed by atoms with Gasteiger partial charge in [-0.3, -0.25) is 9.79 Å². The lowest BCUT2D eigenvalue weighted by Crippen LogP contribution is -2.44. The van der Waals surface area contributed by atoms with Gasteiger partial charge in [0.1, 0.15) is 0 Å². The van der Waals surface area contributed by atoms with E-state index in [0.29, 0.717) is 18.7 Å². The van der Waals surface area contributed by atoms with Crippen molar-refractivity contribution in [3.8, 4) is 0 Å². The monoisotopic (exact) mass is 556 g/mol. The van der Waals surface area contributed by atoms with E-state index in [0.717, 1.165) is 17.0 Å². The topological polar surface area (TPSA) is 65.5 Å². The molecule has 0 atom stereocenters. The number of hydrogen-bond acceptors (Lipinski definition) is 2. The number of benzene rings is 2. The van der Waals surface area contributed by atoms with Gasteiger partial charge in [0, 0.05) is 42.1 Å². The smallest absolute Gasteiger partial charge is 0.251 e. The minimum atomic E-state index is -0.0637. The van der Waals surface area contributed by atoms with E-state index in [1.165, 1.54) is 18.4 Å². The fraction of sp³-hybridized carbons (Fsp3) is 0.333. The molecule has 0 spiro atoms. The maximum atomic E-state index is 12.0. The summed E-state index contributed by atoms with van der Waals surface area (Å²) in [6.45, 7) is 1.98. The van der Waals surface area contributed by atoms with Gasteiger partial charge in [-0.25, -0.2) is 0 Å². The van der Waals surface area contributed by atoms with Gasteiger partial charge in [-0.15, -0.1) is 24.0 Å². The minimum absolute atomic E-state index is 0. The van der Waals surface area contributed by atoms with Gasteiger partial charge < -0.3 is 16.0 Å². The predicted molar refractivity (Wildman–Crippen MR) is 129 cm³/mol. The van der Waals surface area contributed by atoms with Gasteiger partial charge in [0.2, 0.25) is 0 Å². The molecule has 1 aliphatic carbocycles. The Morgan fingerprint density at radius 1 is 1.00 bits per heavy atom. The number of nitrogens with one attached hydrogen (secondary N) is 3. The third-order valence-electron chi connectivity index (χ3n) is 4.86. The van der Waals surface area contributed by atoms with Gasteiger partial charge in [0.25, 0.3) is 5.91 Å². The van der Waals surface area contributed by atoms with Crippen LogP contribution < -0.4 is 16.0 Å². The maximum Gasteiger partial charge on any atom is 0.251 e. The molecule has 0 aromatic heterocycles. The summed E-state index contributed by atoms with van der Waals surface area (Å²) in [6.07, 6.45) is 2.35. The van der Waals surface area contributed by atoms with E-state index < -0.39 is 0 Å². The average Bonchev–Trinajstić information content (AvgIpc) is 3.49. The molecule has 28 heavy (non-hydrogen) atoms. The van der Waals surface area contributed by atoms with Gasteiger partial charge in [0.15, 0.2) is 5.96 Å². The Hall–Kier alpha value is -1.61. The van der Waals surface area contributed by atoms with Gasteiger partial charge in [-0.2, -0.15) is 0 Å². The van der Waals surface area contributed by atoms with E-state index in [1.54, 1.807) is 19.2 Å². The van der Waals surface area contributed by atoms with E-state index in [-0.39, 0.29) is 35.3 Å². The van der Waals surface area contributed by atoms with Crippen molar-refractivity contribution in [1.82, 2.24) is 16.0 Å². The zero-order valence-electron chi connectivity index (χ0n) is 15.9. The Morgan fingerprint density at radius 2 is 1.64 bits per heavy atom. The Morgan fingerprint density at radius 3 is 2.29 bits per heavy atom. The molecular formula is C21H26BrIN4O. The summed E-state index contributed by atoms with van der Waals surface area (Å²) in [5.74, 6) is 0.688. The molecule has 1 saturated carbocycles. The molecule has 7 heteroatoms. The number of aliphatic imine (C=N–C) groups is 1. The fourth-order valence-corrected chi connectivity index (χ4v) is 3.81. The van der Waals surface area contributed by atoms with E-state index >= 15 is 0 Å². The number of guanidine groups is 1. The highest BCUT2D eigenvalue weighted by Crippen LogP contribution is 2.49. The van der Waals surface area contributed by atoms with Crippen LogP contribution in [0.25, 0.3) is 0 Å². The number of rotatable bonds is 7. The lowest BCUT2D eigenvalue weighted by atomic mass is 9.96. The van der Waals surface area contributed by atoms with Crippen LogP contribution in [0.4, 0.5) is 0 Å². The molecule has 3 N–H and O–H groups in total. The Kier molecular flexibility index (Phi) is 8.75. The van der Waals surface area contributed by atoms with E-state index in [1.807, 2.05) is 24.3 Å². The first-order chi connectivity index (χ1) is 13.1. The first-order valence-corrected chi connectivity index (χ1v) is 9.97. The quantitative estimate of drug-likeness (QED) is 0.211. The molecule has 0 unspecified atom stereocenters. The van der Waals surface area contributed by atoms with Crippen molar-refractivity contribution < 1.29 is 4.79 Å². The van der Waals surface area contributed by atoms with Crippen LogP contribution >= 0.6 is 39.9 Å².